The molecule has 0 aliphatic rings. The third kappa shape index (κ3) is 6.00. The summed E-state index contributed by atoms with van der Waals surface area (Å²) in [6.07, 6.45) is 0.347. The number of ether oxygens (including phenoxy) is 4. The Morgan fingerprint density at radius 1 is 0.535 bits per heavy atom. The fourth-order valence-electron chi connectivity index (χ4n) is 6.10. The van der Waals surface area contributed by atoms with E-state index < -0.39 is 27.1 Å². The molecule has 0 heterocycles. The van der Waals surface area contributed by atoms with Crippen molar-refractivity contribution in [2.24, 2.45) is 0 Å². The Morgan fingerprint density at radius 2 is 1.05 bits per heavy atom. The van der Waals surface area contributed by atoms with Crippen LogP contribution in [0.15, 0.2) is 66.7 Å². The van der Waals surface area contributed by atoms with Crippen LogP contribution in [-0.2, 0) is 32.6 Å². The molecule has 4 aromatic carbocycles. The summed E-state index contributed by atoms with van der Waals surface area (Å²) in [7, 11) is 2.29. The van der Waals surface area contributed by atoms with Gasteiger partial charge in [0.15, 0.2) is 0 Å². The van der Waals surface area contributed by atoms with Crippen molar-refractivity contribution >= 4 is 23.2 Å². The zero-order chi connectivity index (χ0) is 31.1. The molecule has 4 aromatic rings. The number of hydrogen-bond donors (Lipinski definition) is 5. The van der Waals surface area contributed by atoms with Crippen LogP contribution in [0.1, 0.15) is 27.8 Å². The van der Waals surface area contributed by atoms with Crippen molar-refractivity contribution in [1.29, 1.82) is 0 Å². The minimum absolute atomic E-state index is 0.0960. The van der Waals surface area contributed by atoms with Crippen LogP contribution in [0, 0.1) is 0 Å². The molecule has 43 heavy (non-hydrogen) atoms. The second-order valence-corrected chi connectivity index (χ2v) is 13.7. The Hall–Kier alpha value is -3.85. The van der Waals surface area contributed by atoms with Gasteiger partial charge >= 0.3 is 252 Å². The summed E-state index contributed by atoms with van der Waals surface area (Å²) in [6.45, 7) is -1.49. The van der Waals surface area contributed by atoms with Gasteiger partial charge in [0.2, 0.25) is 0 Å². The summed E-state index contributed by atoms with van der Waals surface area (Å²) in [4.78, 5) is 0. The number of phenolic OH excluding ortho intramolecular Hbond substituents is 1. The summed E-state index contributed by atoms with van der Waals surface area (Å²) in [6, 6.07) is 19.6. The van der Waals surface area contributed by atoms with E-state index in [1.54, 1.807) is 24.3 Å². The Balaban J connectivity index is 2.41. The van der Waals surface area contributed by atoms with Gasteiger partial charge in [0.05, 0.1) is 0 Å². The Kier molecular flexibility index (Phi) is 10.5. The number of rotatable bonds is 13. The average Bonchev–Trinajstić information content (AvgIpc) is 3.05. The number of aromatic hydroxyl groups is 1. The van der Waals surface area contributed by atoms with Gasteiger partial charge < -0.3 is 0 Å². The minimum atomic E-state index is -3.76. The van der Waals surface area contributed by atoms with E-state index in [0.717, 1.165) is 5.56 Å². The number of aliphatic hydroxyl groups is 4. The predicted octanol–water partition coefficient (Wildman–Crippen LogP) is 2.62. The van der Waals surface area contributed by atoms with E-state index in [4.69, 9.17) is 18.9 Å². The van der Waals surface area contributed by atoms with Gasteiger partial charge in [-0.1, -0.05) is 0 Å². The molecule has 0 unspecified atom stereocenters. The van der Waals surface area contributed by atoms with E-state index >= 15 is 0 Å². The van der Waals surface area contributed by atoms with Crippen molar-refractivity contribution in [2.45, 2.75) is 32.6 Å². The molecule has 0 atom stereocenters. The van der Waals surface area contributed by atoms with Crippen molar-refractivity contribution in [1.82, 2.24) is 0 Å². The molecule has 5 N–H and O–H groups in total. The van der Waals surface area contributed by atoms with Crippen LogP contribution in [0.25, 0.3) is 0 Å². The van der Waals surface area contributed by atoms with E-state index in [2.05, 4.69) is 0 Å². The molecule has 0 bridgehead atoms. The summed E-state index contributed by atoms with van der Waals surface area (Å²) < 4.78 is 23.5. The number of hydrogen-bond acceptors (Lipinski definition) is 9. The van der Waals surface area contributed by atoms with Gasteiger partial charge in [-0.25, -0.2) is 0 Å². The predicted molar refractivity (Wildman–Crippen MR) is 168 cm³/mol. The summed E-state index contributed by atoms with van der Waals surface area (Å²) in [5.74, 6) is 1.49. The fraction of sp³-hybridized carbons (Fsp3) is 0.273. The topological polar surface area (TPSA) is 138 Å². The molecule has 0 spiro atoms. The average molecular weight is 611 g/mol. The summed E-state index contributed by atoms with van der Waals surface area (Å²) >= 11 is 0. The first kappa shape index (κ1) is 32.1. The Labute approximate surface area is 251 Å². The van der Waals surface area contributed by atoms with Crippen molar-refractivity contribution < 1.29 is 44.5 Å². The van der Waals surface area contributed by atoms with Crippen molar-refractivity contribution in [3.63, 3.8) is 0 Å². The molecule has 0 saturated heterocycles. The molecule has 9 nitrogen and oxygen atoms in total. The third-order valence-electron chi connectivity index (χ3n) is 7.75. The van der Waals surface area contributed by atoms with Gasteiger partial charge in [-0.15, -0.1) is 0 Å². The van der Waals surface area contributed by atoms with Gasteiger partial charge in [-0.05, 0) is 0 Å². The standard InChI is InChI=1S/C33H39O9P/c1-39-27-13-24(18-36)31(25(14-27)19-37)43(20-21-8-6-5-7-9-21,32-23(17-35)12-26(38)15-30(32)42-4)33-28(40-2)10-22(16-34)11-29(33)41-3/h5-15,34-38,43H,16-20H2,1-4H3. The fourth-order valence-corrected chi connectivity index (χ4v) is 12.1. The molecule has 230 valence electrons. The van der Waals surface area contributed by atoms with Gasteiger partial charge in [0, 0.05) is 0 Å². The molecule has 0 aliphatic carbocycles. The Morgan fingerprint density at radius 3 is 1.51 bits per heavy atom. The molecular weight excluding hydrogens is 571 g/mol. The number of phenols is 1. The SMILES string of the molecule is COc1cc(CO)c([PH](Cc2ccccc2)(c2c(CO)cc(O)cc2OC)c2c(OC)cc(CO)cc2OC)c(CO)c1. The van der Waals surface area contributed by atoms with Gasteiger partial charge in [0.25, 0.3) is 0 Å². The zero-order valence-electron chi connectivity index (χ0n) is 24.8. The van der Waals surface area contributed by atoms with Gasteiger partial charge in [0.1, 0.15) is 0 Å². The summed E-state index contributed by atoms with van der Waals surface area (Å²) in [5, 5.41) is 55.2. The van der Waals surface area contributed by atoms with Crippen LogP contribution >= 0.6 is 7.26 Å². The molecule has 0 amide bonds. The number of methoxy groups -OCH3 is 4. The van der Waals surface area contributed by atoms with E-state index in [0.29, 0.717) is 67.3 Å². The summed E-state index contributed by atoms with van der Waals surface area (Å²) in [5.41, 5.74) is 2.88. The maximum absolute atomic E-state index is 10.9. The van der Waals surface area contributed by atoms with Crippen LogP contribution < -0.4 is 34.9 Å². The molecule has 0 radical (unpaired) electrons. The monoisotopic (exact) mass is 610 g/mol. The van der Waals surface area contributed by atoms with Crippen molar-refractivity contribution in [3.05, 3.63) is 94.5 Å². The van der Waals surface area contributed by atoms with E-state index in [1.807, 2.05) is 30.3 Å². The van der Waals surface area contributed by atoms with Crippen LogP contribution in [0.2, 0.25) is 0 Å². The first-order valence-electron chi connectivity index (χ1n) is 13.7. The Bertz CT molecular complexity index is 1420. The molecule has 4 rings (SSSR count). The normalized spacial score (nSPS) is 11.7. The molecular formula is C33H39O9P. The molecule has 10 heteroatoms. The molecule has 0 aromatic heterocycles. The quantitative estimate of drug-likeness (QED) is 0.145. The van der Waals surface area contributed by atoms with Crippen molar-refractivity contribution in [3.8, 4) is 28.7 Å². The maximum atomic E-state index is 10.9. The third-order valence-corrected chi connectivity index (χ3v) is 13.0. The zero-order valence-corrected chi connectivity index (χ0v) is 25.8. The number of benzene rings is 4. The second-order valence-electron chi connectivity index (χ2n) is 10.1. The first-order chi connectivity index (χ1) is 20.8. The van der Waals surface area contributed by atoms with Crippen molar-refractivity contribution in [2.75, 3.05) is 28.4 Å². The van der Waals surface area contributed by atoms with E-state index in [9.17, 15) is 25.5 Å². The molecule has 0 fully saturated rings. The van der Waals surface area contributed by atoms with Gasteiger partial charge in [-0.3, -0.25) is 0 Å². The molecule has 0 aliphatic heterocycles. The first-order valence-corrected chi connectivity index (χ1v) is 15.9. The van der Waals surface area contributed by atoms with Crippen LogP contribution in [0.5, 0.6) is 28.7 Å². The molecule has 0 saturated carbocycles. The van der Waals surface area contributed by atoms with Crippen LogP contribution in [-0.4, -0.2) is 54.0 Å². The van der Waals surface area contributed by atoms with E-state index in [-0.39, 0.29) is 12.4 Å². The second kappa shape index (κ2) is 14.1. The van der Waals surface area contributed by atoms with Gasteiger partial charge in [-0.2, -0.15) is 0 Å². The van der Waals surface area contributed by atoms with E-state index in [1.165, 1.54) is 40.6 Å². The number of aliphatic hydroxyl groups excluding tert-OH is 4. The van der Waals surface area contributed by atoms with Crippen LogP contribution in [0.4, 0.5) is 0 Å². The van der Waals surface area contributed by atoms with Crippen LogP contribution in [0.3, 0.4) is 0 Å².